The molecule has 1 atom stereocenters. The molecule has 0 aromatic heterocycles. The van der Waals surface area contributed by atoms with E-state index in [0.29, 0.717) is 12.0 Å². The van der Waals surface area contributed by atoms with Crippen LogP contribution < -0.4 is 11.1 Å². The third-order valence-corrected chi connectivity index (χ3v) is 4.86. The van der Waals surface area contributed by atoms with Gasteiger partial charge in [-0.1, -0.05) is 19.8 Å². The van der Waals surface area contributed by atoms with Gasteiger partial charge in [0.2, 0.25) is 0 Å². The second-order valence-corrected chi connectivity index (χ2v) is 7.33. The van der Waals surface area contributed by atoms with Gasteiger partial charge < -0.3 is 11.1 Å². The Labute approximate surface area is 147 Å². The Morgan fingerprint density at radius 2 is 1.90 bits per heavy atom. The fourth-order valence-corrected chi connectivity index (χ4v) is 3.44. The smallest absolute Gasteiger partial charge is 0.188 e. The number of nitrogens with two attached hydrogens (primary N) is 1. The van der Waals surface area contributed by atoms with E-state index in [2.05, 4.69) is 36.0 Å². The molecule has 1 heterocycles. The van der Waals surface area contributed by atoms with E-state index in [9.17, 15) is 0 Å². The van der Waals surface area contributed by atoms with Gasteiger partial charge in [0.25, 0.3) is 0 Å². The fraction of sp³-hybridized carbons (Fsp3) is 0.938. The van der Waals surface area contributed by atoms with Crippen LogP contribution in [0.3, 0.4) is 0 Å². The van der Waals surface area contributed by atoms with E-state index in [1.54, 1.807) is 0 Å². The molecule has 0 aromatic carbocycles. The molecule has 1 aliphatic heterocycles. The highest BCUT2D eigenvalue weighted by Gasteiger charge is 2.30. The Morgan fingerprint density at radius 3 is 2.52 bits per heavy atom. The normalized spacial score (nSPS) is 25.7. The van der Waals surface area contributed by atoms with Crippen LogP contribution in [0.1, 0.15) is 59.3 Å². The minimum absolute atomic E-state index is 0. The molecule has 0 aromatic rings. The molecule has 1 saturated carbocycles. The van der Waals surface area contributed by atoms with Crippen LogP contribution in [0.4, 0.5) is 0 Å². The predicted molar refractivity (Wildman–Crippen MR) is 101 cm³/mol. The average Bonchev–Trinajstić information content (AvgIpc) is 2.89. The number of guanidine groups is 1. The second kappa shape index (κ2) is 8.56. The third-order valence-electron chi connectivity index (χ3n) is 4.86. The Bertz CT molecular complexity index is 337. The number of likely N-dealkylation sites (tertiary alicyclic amines) is 1. The molecule has 1 saturated heterocycles. The van der Waals surface area contributed by atoms with Gasteiger partial charge in [-0.05, 0) is 52.0 Å². The highest BCUT2D eigenvalue weighted by Crippen LogP contribution is 2.24. The van der Waals surface area contributed by atoms with Crippen LogP contribution in [0, 0.1) is 5.92 Å². The lowest BCUT2D eigenvalue weighted by Gasteiger charge is -2.42. The lowest BCUT2D eigenvalue weighted by atomic mass is 9.94. The number of hydrogen-bond acceptors (Lipinski definition) is 2. The molecule has 0 amide bonds. The number of hydrogen-bond donors (Lipinski definition) is 2. The maximum atomic E-state index is 6.04. The summed E-state index contributed by atoms with van der Waals surface area (Å²) in [5.41, 5.74) is 6.15. The minimum atomic E-state index is 0. The maximum absolute atomic E-state index is 6.04. The van der Waals surface area contributed by atoms with Crippen molar-refractivity contribution in [2.75, 3.05) is 19.6 Å². The molecule has 2 rings (SSSR count). The molecule has 5 heteroatoms. The van der Waals surface area contributed by atoms with Gasteiger partial charge in [0, 0.05) is 18.1 Å². The van der Waals surface area contributed by atoms with Crippen molar-refractivity contribution in [2.24, 2.45) is 16.6 Å². The second-order valence-electron chi connectivity index (χ2n) is 7.33. The largest absolute Gasteiger partial charge is 0.370 e. The van der Waals surface area contributed by atoms with E-state index >= 15 is 0 Å². The molecule has 1 aliphatic carbocycles. The van der Waals surface area contributed by atoms with Gasteiger partial charge in [0.15, 0.2) is 5.96 Å². The van der Waals surface area contributed by atoms with E-state index < -0.39 is 0 Å². The summed E-state index contributed by atoms with van der Waals surface area (Å²) >= 11 is 0. The number of rotatable bonds is 4. The molecule has 0 spiro atoms. The molecule has 3 N–H and O–H groups in total. The molecule has 2 aliphatic rings. The molecule has 0 radical (unpaired) electrons. The predicted octanol–water partition coefficient (Wildman–Crippen LogP) is 2.96. The molecule has 2 fully saturated rings. The molecule has 0 bridgehead atoms. The Kier molecular flexibility index (Phi) is 7.74. The van der Waals surface area contributed by atoms with Gasteiger partial charge in [-0.2, -0.15) is 0 Å². The summed E-state index contributed by atoms with van der Waals surface area (Å²) in [5.74, 6) is 1.44. The summed E-state index contributed by atoms with van der Waals surface area (Å²) in [7, 11) is 0. The van der Waals surface area contributed by atoms with Crippen LogP contribution in [0.5, 0.6) is 0 Å². The molecule has 4 nitrogen and oxygen atoms in total. The third kappa shape index (κ3) is 5.93. The lowest BCUT2D eigenvalue weighted by Crippen LogP contribution is -2.51. The van der Waals surface area contributed by atoms with Gasteiger partial charge in [0.1, 0.15) is 0 Å². The zero-order chi connectivity index (χ0) is 14.6. The monoisotopic (exact) mass is 408 g/mol. The standard InChI is InChI=1S/C16H32N4.HI/c1-13-7-6-10-20(11-13)16(2,3)12-18-15(17)19-14-8-4-5-9-14;/h13-14H,4-12H2,1-3H3,(H3,17,18,19);1H. The minimum Gasteiger partial charge on any atom is -0.370 e. The SMILES string of the molecule is CC1CCCN(C(C)(C)CN=C(N)NC2CCCC2)C1.I. The number of nitrogens with zero attached hydrogens (tertiary/aromatic N) is 2. The molecular formula is C16H33IN4. The highest BCUT2D eigenvalue weighted by atomic mass is 127. The number of halogens is 1. The number of aliphatic imine (C=N–C) groups is 1. The van der Waals surface area contributed by atoms with E-state index in [0.717, 1.165) is 12.5 Å². The Hall–Kier alpha value is -0.0400. The average molecular weight is 408 g/mol. The highest BCUT2D eigenvalue weighted by molar-refractivity contribution is 14.0. The van der Waals surface area contributed by atoms with Crippen LogP contribution in [-0.4, -0.2) is 42.1 Å². The molecule has 124 valence electrons. The van der Waals surface area contributed by atoms with Gasteiger partial charge in [0.05, 0.1) is 6.54 Å². The first-order valence-corrected chi connectivity index (χ1v) is 8.29. The van der Waals surface area contributed by atoms with Crippen LogP contribution in [0.2, 0.25) is 0 Å². The first-order chi connectivity index (χ1) is 9.47. The first kappa shape index (κ1) is 19.0. The van der Waals surface area contributed by atoms with E-state index in [1.165, 1.54) is 51.6 Å². The van der Waals surface area contributed by atoms with E-state index in [-0.39, 0.29) is 29.5 Å². The lowest BCUT2D eigenvalue weighted by molar-refractivity contribution is 0.0775. The van der Waals surface area contributed by atoms with Crippen LogP contribution in [0.15, 0.2) is 4.99 Å². The summed E-state index contributed by atoms with van der Waals surface area (Å²) in [6.07, 6.45) is 7.79. The van der Waals surface area contributed by atoms with Crippen molar-refractivity contribution >= 4 is 29.9 Å². The van der Waals surface area contributed by atoms with Crippen molar-refractivity contribution in [1.82, 2.24) is 10.2 Å². The summed E-state index contributed by atoms with van der Waals surface area (Å²) < 4.78 is 0. The van der Waals surface area contributed by atoms with Crippen molar-refractivity contribution in [3.8, 4) is 0 Å². The van der Waals surface area contributed by atoms with Gasteiger partial charge in [-0.3, -0.25) is 9.89 Å². The molecular weight excluding hydrogens is 375 g/mol. The Balaban J connectivity index is 0.00000220. The van der Waals surface area contributed by atoms with E-state index in [4.69, 9.17) is 5.73 Å². The first-order valence-electron chi connectivity index (χ1n) is 8.29. The summed E-state index contributed by atoms with van der Waals surface area (Å²) in [6.45, 7) is 10.1. The van der Waals surface area contributed by atoms with Gasteiger partial charge >= 0.3 is 0 Å². The quantitative estimate of drug-likeness (QED) is 0.427. The maximum Gasteiger partial charge on any atom is 0.188 e. The zero-order valence-electron chi connectivity index (χ0n) is 13.9. The van der Waals surface area contributed by atoms with Crippen molar-refractivity contribution in [2.45, 2.75) is 70.9 Å². The topological polar surface area (TPSA) is 53.6 Å². The summed E-state index contributed by atoms with van der Waals surface area (Å²) in [4.78, 5) is 7.18. The van der Waals surface area contributed by atoms with Crippen molar-refractivity contribution in [3.05, 3.63) is 0 Å². The van der Waals surface area contributed by atoms with Crippen molar-refractivity contribution < 1.29 is 0 Å². The van der Waals surface area contributed by atoms with Crippen LogP contribution in [0.25, 0.3) is 0 Å². The Morgan fingerprint density at radius 1 is 1.24 bits per heavy atom. The summed E-state index contributed by atoms with van der Waals surface area (Å²) in [5, 5.41) is 3.37. The van der Waals surface area contributed by atoms with Crippen LogP contribution in [-0.2, 0) is 0 Å². The molecule has 21 heavy (non-hydrogen) atoms. The fourth-order valence-electron chi connectivity index (χ4n) is 3.44. The van der Waals surface area contributed by atoms with Crippen molar-refractivity contribution in [3.63, 3.8) is 0 Å². The molecule has 1 unspecified atom stereocenters. The van der Waals surface area contributed by atoms with Gasteiger partial charge in [-0.15, -0.1) is 24.0 Å². The summed E-state index contributed by atoms with van der Waals surface area (Å²) in [6, 6.07) is 0.553. The number of nitrogens with one attached hydrogen (secondary N) is 1. The van der Waals surface area contributed by atoms with Gasteiger partial charge in [-0.25, -0.2) is 0 Å². The zero-order valence-corrected chi connectivity index (χ0v) is 16.2. The van der Waals surface area contributed by atoms with E-state index in [1.807, 2.05) is 0 Å². The number of piperidine rings is 1. The van der Waals surface area contributed by atoms with Crippen molar-refractivity contribution in [1.29, 1.82) is 0 Å². The van der Waals surface area contributed by atoms with Crippen LogP contribution >= 0.6 is 24.0 Å².